The minimum atomic E-state index is -0.517. The molecule has 0 aliphatic carbocycles. The van der Waals surface area contributed by atoms with Gasteiger partial charge in [0.05, 0.1) is 36.5 Å². The fourth-order valence-corrected chi connectivity index (χ4v) is 3.27. The molecule has 1 amide bonds. The summed E-state index contributed by atoms with van der Waals surface area (Å²) in [5.41, 5.74) is 1.75. The molecule has 0 aliphatic rings. The Morgan fingerprint density at radius 2 is 2.00 bits per heavy atom. The van der Waals surface area contributed by atoms with Gasteiger partial charge in [-0.2, -0.15) is 0 Å². The molecule has 0 atom stereocenters. The Balaban J connectivity index is 1.63. The van der Waals surface area contributed by atoms with Crippen LogP contribution in [0.3, 0.4) is 0 Å². The molecule has 0 saturated heterocycles. The second-order valence-electron chi connectivity index (χ2n) is 6.29. The third-order valence-electron chi connectivity index (χ3n) is 4.56. The molecule has 0 spiro atoms. The number of rotatable bonds is 5. The standard InChI is InChI=1S/C21H16N2O5/c1-27-19-11-15(23(25)26)7-8-17(19)22-20(24)10-14-12-28-18-9-6-13-4-2-3-5-16(13)21(14)18/h2-9,11-12H,10H2,1H3,(H,22,24). The number of amides is 1. The van der Waals surface area contributed by atoms with Crippen LogP contribution in [0.25, 0.3) is 21.7 Å². The van der Waals surface area contributed by atoms with Crippen LogP contribution in [0.1, 0.15) is 5.56 Å². The quantitative estimate of drug-likeness (QED) is 0.403. The van der Waals surface area contributed by atoms with E-state index < -0.39 is 4.92 Å². The molecular weight excluding hydrogens is 360 g/mol. The Labute approximate surface area is 159 Å². The molecule has 3 aromatic carbocycles. The molecular formula is C21H16N2O5. The van der Waals surface area contributed by atoms with Crippen molar-refractivity contribution in [1.29, 1.82) is 0 Å². The molecule has 0 fully saturated rings. The van der Waals surface area contributed by atoms with E-state index in [0.29, 0.717) is 5.69 Å². The number of hydrogen-bond acceptors (Lipinski definition) is 5. The zero-order valence-corrected chi connectivity index (χ0v) is 15.0. The molecule has 1 N–H and O–H groups in total. The average Bonchev–Trinajstić information content (AvgIpc) is 3.11. The van der Waals surface area contributed by atoms with Gasteiger partial charge in [0, 0.05) is 17.0 Å². The number of nitro benzene ring substituents is 1. The number of carbonyl (C=O) groups is 1. The van der Waals surface area contributed by atoms with Crippen molar-refractivity contribution >= 4 is 39.0 Å². The van der Waals surface area contributed by atoms with Crippen LogP contribution in [-0.2, 0) is 11.2 Å². The molecule has 0 unspecified atom stereocenters. The Kier molecular flexibility index (Phi) is 4.41. The van der Waals surface area contributed by atoms with Gasteiger partial charge in [-0.15, -0.1) is 0 Å². The Bertz CT molecular complexity index is 1210. The van der Waals surface area contributed by atoms with Gasteiger partial charge < -0.3 is 14.5 Å². The minimum Gasteiger partial charge on any atom is -0.494 e. The van der Waals surface area contributed by atoms with Gasteiger partial charge in [0.15, 0.2) is 0 Å². The van der Waals surface area contributed by atoms with E-state index in [1.807, 2.05) is 36.4 Å². The van der Waals surface area contributed by atoms with Crippen molar-refractivity contribution in [2.24, 2.45) is 0 Å². The van der Waals surface area contributed by atoms with Crippen LogP contribution in [0.15, 0.2) is 65.3 Å². The number of hydrogen-bond donors (Lipinski definition) is 1. The number of methoxy groups -OCH3 is 1. The number of fused-ring (bicyclic) bond motifs is 3. The predicted octanol–water partition coefficient (Wildman–Crippen LogP) is 4.68. The molecule has 1 heterocycles. The number of non-ortho nitro benzene ring substituents is 1. The van der Waals surface area contributed by atoms with Crippen molar-refractivity contribution in [2.45, 2.75) is 6.42 Å². The molecule has 7 nitrogen and oxygen atoms in total. The minimum absolute atomic E-state index is 0.0984. The number of nitro groups is 1. The zero-order valence-electron chi connectivity index (χ0n) is 15.0. The van der Waals surface area contributed by atoms with Gasteiger partial charge in [-0.1, -0.05) is 30.3 Å². The highest BCUT2D eigenvalue weighted by molar-refractivity contribution is 6.09. The molecule has 4 aromatic rings. The van der Waals surface area contributed by atoms with Crippen LogP contribution >= 0.6 is 0 Å². The molecule has 0 bridgehead atoms. The Morgan fingerprint density at radius 3 is 2.79 bits per heavy atom. The lowest BCUT2D eigenvalue weighted by Gasteiger charge is -2.10. The molecule has 4 rings (SSSR count). The van der Waals surface area contributed by atoms with Crippen molar-refractivity contribution in [3.63, 3.8) is 0 Å². The van der Waals surface area contributed by atoms with Crippen molar-refractivity contribution in [3.05, 3.63) is 76.5 Å². The highest BCUT2D eigenvalue weighted by Crippen LogP contribution is 2.31. The van der Waals surface area contributed by atoms with Crippen LogP contribution in [0.2, 0.25) is 0 Å². The average molecular weight is 376 g/mol. The largest absolute Gasteiger partial charge is 0.494 e. The van der Waals surface area contributed by atoms with Crippen molar-refractivity contribution in [1.82, 2.24) is 0 Å². The summed E-state index contributed by atoms with van der Waals surface area (Å²) in [7, 11) is 1.39. The van der Waals surface area contributed by atoms with E-state index in [1.165, 1.54) is 25.3 Å². The number of nitrogens with one attached hydrogen (secondary N) is 1. The van der Waals surface area contributed by atoms with Gasteiger partial charge in [0.1, 0.15) is 11.3 Å². The third kappa shape index (κ3) is 3.14. The number of ether oxygens (including phenoxy) is 1. The summed E-state index contributed by atoms with van der Waals surface area (Å²) < 4.78 is 10.8. The van der Waals surface area contributed by atoms with Crippen LogP contribution in [0.5, 0.6) is 5.75 Å². The molecule has 1 aromatic heterocycles. The van der Waals surface area contributed by atoms with E-state index in [1.54, 1.807) is 6.26 Å². The lowest BCUT2D eigenvalue weighted by Crippen LogP contribution is -2.15. The zero-order chi connectivity index (χ0) is 19.7. The maximum atomic E-state index is 12.6. The van der Waals surface area contributed by atoms with E-state index in [4.69, 9.17) is 9.15 Å². The van der Waals surface area contributed by atoms with Gasteiger partial charge in [0.25, 0.3) is 5.69 Å². The first-order valence-electron chi connectivity index (χ1n) is 8.57. The van der Waals surface area contributed by atoms with Crippen LogP contribution in [-0.4, -0.2) is 17.9 Å². The van der Waals surface area contributed by atoms with Gasteiger partial charge in [-0.3, -0.25) is 14.9 Å². The van der Waals surface area contributed by atoms with Gasteiger partial charge in [-0.05, 0) is 22.9 Å². The summed E-state index contributed by atoms with van der Waals surface area (Å²) in [6.45, 7) is 0. The number of furan rings is 1. The fraction of sp³-hybridized carbons (Fsp3) is 0.0952. The van der Waals surface area contributed by atoms with Crippen molar-refractivity contribution in [3.8, 4) is 5.75 Å². The number of nitrogens with zero attached hydrogens (tertiary/aromatic N) is 1. The molecule has 7 heteroatoms. The normalized spacial score (nSPS) is 10.9. The monoisotopic (exact) mass is 376 g/mol. The first kappa shape index (κ1) is 17.5. The SMILES string of the molecule is COc1cc([N+](=O)[O-])ccc1NC(=O)Cc1coc2ccc3ccccc3c12. The number of carbonyl (C=O) groups excluding carboxylic acids is 1. The van der Waals surface area contributed by atoms with Gasteiger partial charge in [-0.25, -0.2) is 0 Å². The predicted molar refractivity (Wildman–Crippen MR) is 106 cm³/mol. The van der Waals surface area contributed by atoms with Crippen LogP contribution in [0.4, 0.5) is 11.4 Å². The summed E-state index contributed by atoms with van der Waals surface area (Å²) in [4.78, 5) is 23.0. The molecule has 0 saturated carbocycles. The van der Waals surface area contributed by atoms with Crippen molar-refractivity contribution in [2.75, 3.05) is 12.4 Å². The van der Waals surface area contributed by atoms with E-state index >= 15 is 0 Å². The van der Waals surface area contributed by atoms with E-state index in [2.05, 4.69) is 5.32 Å². The van der Waals surface area contributed by atoms with Crippen LogP contribution < -0.4 is 10.1 Å². The molecule has 0 aliphatic heterocycles. The Morgan fingerprint density at radius 1 is 1.18 bits per heavy atom. The molecule has 140 valence electrons. The molecule has 28 heavy (non-hydrogen) atoms. The number of benzene rings is 3. The summed E-state index contributed by atoms with van der Waals surface area (Å²) in [6.07, 6.45) is 1.69. The summed E-state index contributed by atoms with van der Waals surface area (Å²) in [5, 5.41) is 16.6. The van der Waals surface area contributed by atoms with Crippen molar-refractivity contribution < 1.29 is 18.9 Å². The first-order valence-corrected chi connectivity index (χ1v) is 8.57. The highest BCUT2D eigenvalue weighted by Gasteiger charge is 2.16. The van der Waals surface area contributed by atoms with Gasteiger partial charge >= 0.3 is 0 Å². The van der Waals surface area contributed by atoms with E-state index in [9.17, 15) is 14.9 Å². The topological polar surface area (TPSA) is 94.6 Å². The highest BCUT2D eigenvalue weighted by atomic mass is 16.6. The lowest BCUT2D eigenvalue weighted by atomic mass is 10.0. The first-order chi connectivity index (χ1) is 13.6. The maximum absolute atomic E-state index is 12.6. The van der Waals surface area contributed by atoms with Gasteiger partial charge in [0.2, 0.25) is 5.91 Å². The molecule has 0 radical (unpaired) electrons. The lowest BCUT2D eigenvalue weighted by molar-refractivity contribution is -0.384. The maximum Gasteiger partial charge on any atom is 0.273 e. The summed E-state index contributed by atoms with van der Waals surface area (Å²) >= 11 is 0. The summed E-state index contributed by atoms with van der Waals surface area (Å²) in [6, 6.07) is 15.8. The fourth-order valence-electron chi connectivity index (χ4n) is 3.27. The third-order valence-corrected chi connectivity index (χ3v) is 4.56. The second-order valence-corrected chi connectivity index (χ2v) is 6.29. The second kappa shape index (κ2) is 7.03. The Hall–Kier alpha value is -3.87. The van der Waals surface area contributed by atoms with E-state index in [-0.39, 0.29) is 23.8 Å². The summed E-state index contributed by atoms with van der Waals surface area (Å²) in [5.74, 6) is -0.0483. The van der Waals surface area contributed by atoms with E-state index in [0.717, 1.165) is 27.3 Å². The number of anilines is 1. The van der Waals surface area contributed by atoms with Crippen LogP contribution in [0, 0.1) is 10.1 Å². The smallest absolute Gasteiger partial charge is 0.273 e.